The summed E-state index contributed by atoms with van der Waals surface area (Å²) in [6, 6.07) is 11.1. The highest BCUT2D eigenvalue weighted by atomic mass is 16.5. The Morgan fingerprint density at radius 3 is 1.95 bits per heavy atom. The first kappa shape index (κ1) is 27.0. The Bertz CT molecular complexity index is 1690. The first-order chi connectivity index (χ1) is 19.9. The molecule has 0 amide bonds. The van der Waals surface area contributed by atoms with Gasteiger partial charge in [-0.25, -0.2) is 0 Å². The number of benzene rings is 4. The average Bonchev–Trinajstić information content (AvgIpc) is 2.93. The maximum absolute atomic E-state index is 11.7. The zero-order valence-electron chi connectivity index (χ0n) is 21.6. The second-order valence-corrected chi connectivity index (χ2v) is 10.3. The van der Waals surface area contributed by atoms with Crippen LogP contribution in [0.25, 0.3) is 0 Å². The summed E-state index contributed by atoms with van der Waals surface area (Å²) in [5, 5.41) is 104. The monoisotopic (exact) mass is 578 g/mol. The first-order valence-electron chi connectivity index (χ1n) is 12.8. The number of aliphatic hydroxyl groups is 2. The molecule has 5 atom stereocenters. The maximum Gasteiger partial charge on any atom is 0.200 e. The van der Waals surface area contributed by atoms with E-state index in [1.807, 2.05) is 0 Å². The van der Waals surface area contributed by atoms with Crippen LogP contribution in [0.4, 0.5) is 0 Å². The van der Waals surface area contributed by atoms with Crippen LogP contribution in [0.3, 0.4) is 0 Å². The molecular formula is C30H26O12. The Morgan fingerprint density at radius 2 is 1.29 bits per heavy atom. The van der Waals surface area contributed by atoms with Crippen LogP contribution in [-0.4, -0.2) is 63.3 Å². The van der Waals surface area contributed by atoms with Gasteiger partial charge in [-0.2, -0.15) is 0 Å². The number of hydrogen-bond acceptors (Lipinski definition) is 12. The highest BCUT2D eigenvalue weighted by molar-refractivity contribution is 5.65. The average molecular weight is 579 g/mol. The molecule has 218 valence electrons. The molecule has 0 unspecified atom stereocenters. The molecule has 0 fully saturated rings. The van der Waals surface area contributed by atoms with Crippen LogP contribution >= 0.6 is 0 Å². The van der Waals surface area contributed by atoms with Crippen molar-refractivity contribution < 1.29 is 60.5 Å². The normalized spacial score (nSPS) is 22.9. The van der Waals surface area contributed by atoms with Crippen LogP contribution in [-0.2, 0) is 6.42 Å². The van der Waals surface area contributed by atoms with E-state index in [-0.39, 0.29) is 63.2 Å². The zero-order chi connectivity index (χ0) is 30.0. The summed E-state index contributed by atoms with van der Waals surface area (Å²) in [4.78, 5) is 0. The van der Waals surface area contributed by atoms with Gasteiger partial charge in [-0.3, -0.25) is 0 Å². The number of fused-ring (bicyclic) bond motifs is 3. The van der Waals surface area contributed by atoms with Crippen molar-refractivity contribution in [3.8, 4) is 57.5 Å². The molecule has 0 aromatic heterocycles. The van der Waals surface area contributed by atoms with Gasteiger partial charge >= 0.3 is 0 Å². The summed E-state index contributed by atoms with van der Waals surface area (Å²) >= 11 is 0. The van der Waals surface area contributed by atoms with Crippen molar-refractivity contribution in [2.24, 2.45) is 0 Å². The second-order valence-electron chi connectivity index (χ2n) is 10.3. The van der Waals surface area contributed by atoms with E-state index < -0.39 is 53.3 Å². The summed E-state index contributed by atoms with van der Waals surface area (Å²) in [7, 11) is 0. The Kier molecular flexibility index (Phi) is 6.24. The minimum Gasteiger partial charge on any atom is -0.508 e. The van der Waals surface area contributed by atoms with Gasteiger partial charge in [-0.1, -0.05) is 12.1 Å². The lowest BCUT2D eigenvalue weighted by Crippen LogP contribution is -2.37. The Labute approximate surface area is 237 Å². The first-order valence-corrected chi connectivity index (χ1v) is 12.8. The molecule has 12 nitrogen and oxygen atoms in total. The molecule has 42 heavy (non-hydrogen) atoms. The summed E-state index contributed by atoms with van der Waals surface area (Å²) in [6.45, 7) is 0. The fourth-order valence-electron chi connectivity index (χ4n) is 5.67. The van der Waals surface area contributed by atoms with Crippen molar-refractivity contribution >= 4 is 0 Å². The third kappa shape index (κ3) is 4.24. The van der Waals surface area contributed by atoms with Crippen molar-refractivity contribution in [3.63, 3.8) is 0 Å². The molecule has 4 aromatic carbocycles. The lowest BCUT2D eigenvalue weighted by Gasteiger charge is -2.41. The largest absolute Gasteiger partial charge is 0.508 e. The standard InChI is InChI=1S/C30H26O12/c31-13-2-3-14(17(33)8-13)24-25-23(41-29(27(24)40)12-6-20(36)26(39)21(37)7-12)10-18(34)15-9-22(38)28(42-30(15)25)11-1-4-16(32)19(35)5-11/h1-8,10,22,24,27-29,31-40H,9H2/t22-,24-,27-,28+,29+/m0/s1. The van der Waals surface area contributed by atoms with Crippen LogP contribution in [0.1, 0.15) is 45.9 Å². The van der Waals surface area contributed by atoms with Gasteiger partial charge in [0.2, 0.25) is 0 Å². The third-order valence-electron chi connectivity index (χ3n) is 7.68. The van der Waals surface area contributed by atoms with E-state index in [9.17, 15) is 51.1 Å². The predicted molar refractivity (Wildman–Crippen MR) is 143 cm³/mol. The van der Waals surface area contributed by atoms with Gasteiger partial charge in [0.1, 0.15) is 41.0 Å². The molecule has 0 spiro atoms. The molecule has 6 rings (SSSR count). The van der Waals surface area contributed by atoms with Crippen molar-refractivity contribution in [2.45, 2.75) is 36.8 Å². The minimum atomic E-state index is -1.54. The van der Waals surface area contributed by atoms with E-state index in [0.717, 1.165) is 18.2 Å². The Hall–Kier alpha value is -5.20. The van der Waals surface area contributed by atoms with Gasteiger partial charge in [0.15, 0.2) is 34.9 Å². The Balaban J connectivity index is 1.56. The number of aliphatic hydroxyl groups excluding tert-OH is 2. The second kappa shape index (κ2) is 9.72. The van der Waals surface area contributed by atoms with E-state index in [1.54, 1.807) is 0 Å². The number of phenolic OH excluding ortho intramolecular Hbond substituents is 8. The van der Waals surface area contributed by atoms with E-state index in [1.165, 1.54) is 36.4 Å². The molecular weight excluding hydrogens is 552 g/mol. The van der Waals surface area contributed by atoms with Crippen LogP contribution in [0.5, 0.6) is 57.5 Å². The lowest BCUT2D eigenvalue weighted by molar-refractivity contribution is -0.00250. The van der Waals surface area contributed by atoms with E-state index >= 15 is 0 Å². The SMILES string of the molecule is Oc1ccc([C@H]2c3c(cc(O)c4c3O[C@H](c3ccc(O)c(O)c3)[C@@H](O)C4)O[C@H](c3cc(O)c(O)c(O)c3)[C@H]2O)c(O)c1. The number of rotatable bonds is 3. The van der Waals surface area contributed by atoms with Crippen molar-refractivity contribution in [3.05, 3.63) is 82.4 Å². The van der Waals surface area contributed by atoms with E-state index in [2.05, 4.69) is 0 Å². The van der Waals surface area contributed by atoms with Crippen LogP contribution in [0.15, 0.2) is 54.6 Å². The van der Waals surface area contributed by atoms with Crippen molar-refractivity contribution in [2.75, 3.05) is 0 Å². The smallest absolute Gasteiger partial charge is 0.200 e. The summed E-state index contributed by atoms with van der Waals surface area (Å²) in [6.07, 6.45) is -5.27. The van der Waals surface area contributed by atoms with Gasteiger partial charge < -0.3 is 60.5 Å². The highest BCUT2D eigenvalue weighted by Gasteiger charge is 2.46. The van der Waals surface area contributed by atoms with Crippen molar-refractivity contribution in [1.82, 2.24) is 0 Å². The summed E-state index contributed by atoms with van der Waals surface area (Å²) in [5.41, 5.74) is 0.839. The van der Waals surface area contributed by atoms with Crippen molar-refractivity contribution in [1.29, 1.82) is 0 Å². The minimum absolute atomic E-state index is 0.00484. The van der Waals surface area contributed by atoms with Gasteiger partial charge in [-0.05, 0) is 35.9 Å². The highest BCUT2D eigenvalue weighted by Crippen LogP contribution is 2.56. The topological polar surface area (TPSA) is 221 Å². The summed E-state index contributed by atoms with van der Waals surface area (Å²) < 4.78 is 12.3. The van der Waals surface area contributed by atoms with Gasteiger partial charge in [0, 0.05) is 46.7 Å². The van der Waals surface area contributed by atoms with Crippen LogP contribution in [0.2, 0.25) is 0 Å². The lowest BCUT2D eigenvalue weighted by atomic mass is 9.77. The maximum atomic E-state index is 11.7. The molecule has 10 N–H and O–H groups in total. The number of ether oxygens (including phenoxy) is 2. The molecule has 0 aliphatic carbocycles. The predicted octanol–water partition coefficient (Wildman–Crippen LogP) is 3.00. The molecule has 0 saturated carbocycles. The number of phenols is 8. The van der Waals surface area contributed by atoms with E-state index in [0.29, 0.717) is 5.56 Å². The molecule has 2 aliphatic rings. The van der Waals surface area contributed by atoms with Gasteiger partial charge in [0.05, 0.1) is 6.10 Å². The molecule has 4 aromatic rings. The van der Waals surface area contributed by atoms with Crippen LogP contribution in [0, 0.1) is 0 Å². The van der Waals surface area contributed by atoms with E-state index in [4.69, 9.17) is 9.47 Å². The molecule has 0 bridgehead atoms. The molecule has 2 aliphatic heterocycles. The fraction of sp³-hybridized carbons (Fsp3) is 0.200. The molecule has 12 heteroatoms. The molecule has 0 radical (unpaired) electrons. The summed E-state index contributed by atoms with van der Waals surface area (Å²) in [5.74, 6) is -5.04. The number of hydrogen-bond donors (Lipinski definition) is 10. The number of aromatic hydroxyl groups is 8. The van der Waals surface area contributed by atoms with Gasteiger partial charge in [-0.15, -0.1) is 0 Å². The van der Waals surface area contributed by atoms with Gasteiger partial charge in [0.25, 0.3) is 0 Å². The Morgan fingerprint density at radius 1 is 0.595 bits per heavy atom. The molecule has 0 saturated heterocycles. The molecule has 2 heterocycles. The third-order valence-corrected chi connectivity index (χ3v) is 7.68. The fourth-order valence-corrected chi connectivity index (χ4v) is 5.67. The van der Waals surface area contributed by atoms with Crippen LogP contribution < -0.4 is 9.47 Å². The quantitative estimate of drug-likeness (QED) is 0.159. The zero-order valence-corrected chi connectivity index (χ0v) is 21.6.